The standard InChI is InChI=1S/C14H10BrClFNO/c1-8-2-4-9(5-3-8)14(19)18-13-11(15)6-10(17)7-12(13)16/h2-7H,1H3,(H,18,19). The smallest absolute Gasteiger partial charge is 0.255 e. The van der Waals surface area contributed by atoms with Gasteiger partial charge in [0.15, 0.2) is 0 Å². The number of nitrogens with one attached hydrogen (secondary N) is 1. The number of amides is 1. The van der Waals surface area contributed by atoms with E-state index in [2.05, 4.69) is 21.2 Å². The number of benzene rings is 2. The number of halogens is 3. The minimum Gasteiger partial charge on any atom is -0.320 e. The number of rotatable bonds is 2. The lowest BCUT2D eigenvalue weighted by Gasteiger charge is -2.10. The molecule has 98 valence electrons. The van der Waals surface area contributed by atoms with E-state index in [0.29, 0.717) is 15.7 Å². The molecule has 0 spiro atoms. The van der Waals surface area contributed by atoms with Gasteiger partial charge in [0.05, 0.1) is 10.7 Å². The maximum Gasteiger partial charge on any atom is 0.255 e. The maximum absolute atomic E-state index is 13.1. The first-order chi connectivity index (χ1) is 8.97. The molecule has 0 fully saturated rings. The number of aryl methyl sites for hydroxylation is 1. The molecule has 0 aromatic heterocycles. The Morgan fingerprint density at radius 1 is 1.26 bits per heavy atom. The average Bonchev–Trinajstić information content (AvgIpc) is 2.34. The molecular formula is C14H10BrClFNO. The van der Waals surface area contributed by atoms with Crippen LogP contribution in [0.25, 0.3) is 0 Å². The third kappa shape index (κ3) is 3.33. The topological polar surface area (TPSA) is 29.1 Å². The third-order valence-electron chi connectivity index (χ3n) is 2.56. The van der Waals surface area contributed by atoms with Crippen molar-refractivity contribution in [2.24, 2.45) is 0 Å². The Kier molecular flexibility index (Phi) is 4.22. The SMILES string of the molecule is Cc1ccc(C(=O)Nc2c(Cl)cc(F)cc2Br)cc1. The Balaban J connectivity index is 2.26. The predicted molar refractivity (Wildman–Crippen MR) is 78.2 cm³/mol. The molecule has 0 aliphatic rings. The zero-order valence-corrected chi connectivity index (χ0v) is 12.3. The molecular weight excluding hydrogens is 333 g/mol. The minimum atomic E-state index is -0.467. The van der Waals surface area contributed by atoms with Crippen molar-refractivity contribution in [3.05, 3.63) is 62.8 Å². The number of carbonyl (C=O) groups is 1. The van der Waals surface area contributed by atoms with Crippen molar-refractivity contribution < 1.29 is 9.18 Å². The van der Waals surface area contributed by atoms with Gasteiger partial charge in [-0.3, -0.25) is 4.79 Å². The van der Waals surface area contributed by atoms with Crippen molar-refractivity contribution in [3.8, 4) is 0 Å². The molecule has 5 heteroatoms. The van der Waals surface area contributed by atoms with Crippen LogP contribution in [0.2, 0.25) is 5.02 Å². The highest BCUT2D eigenvalue weighted by molar-refractivity contribution is 9.10. The first-order valence-corrected chi connectivity index (χ1v) is 6.67. The summed E-state index contributed by atoms with van der Waals surface area (Å²) in [6.07, 6.45) is 0. The van der Waals surface area contributed by atoms with Crippen molar-refractivity contribution in [1.29, 1.82) is 0 Å². The van der Waals surface area contributed by atoms with Crippen LogP contribution < -0.4 is 5.32 Å². The molecule has 2 nitrogen and oxygen atoms in total. The van der Waals surface area contributed by atoms with Gasteiger partial charge in [0.1, 0.15) is 5.82 Å². The second-order valence-electron chi connectivity index (χ2n) is 4.06. The Hall–Kier alpha value is -1.39. The summed E-state index contributed by atoms with van der Waals surface area (Å²) >= 11 is 9.08. The summed E-state index contributed by atoms with van der Waals surface area (Å²) in [5.41, 5.74) is 1.93. The fraction of sp³-hybridized carbons (Fsp3) is 0.0714. The van der Waals surface area contributed by atoms with Crippen LogP contribution in [0.3, 0.4) is 0 Å². The van der Waals surface area contributed by atoms with Crippen LogP contribution in [0, 0.1) is 12.7 Å². The molecule has 0 saturated heterocycles. The van der Waals surface area contributed by atoms with Crippen LogP contribution in [0.15, 0.2) is 40.9 Å². The average molecular weight is 343 g/mol. The van der Waals surface area contributed by atoms with Crippen LogP contribution in [0.4, 0.5) is 10.1 Å². The van der Waals surface area contributed by atoms with Crippen molar-refractivity contribution in [2.45, 2.75) is 6.92 Å². The van der Waals surface area contributed by atoms with Gasteiger partial charge in [0.25, 0.3) is 5.91 Å². The molecule has 0 radical (unpaired) electrons. The van der Waals surface area contributed by atoms with Gasteiger partial charge in [-0.25, -0.2) is 4.39 Å². The van der Waals surface area contributed by atoms with Crippen LogP contribution in [0.1, 0.15) is 15.9 Å². The molecule has 2 aromatic carbocycles. The van der Waals surface area contributed by atoms with Gasteiger partial charge in [-0.05, 0) is 47.1 Å². The second kappa shape index (κ2) is 5.72. The van der Waals surface area contributed by atoms with Crippen LogP contribution in [-0.4, -0.2) is 5.91 Å². The quantitative estimate of drug-likeness (QED) is 0.834. The summed E-state index contributed by atoms with van der Waals surface area (Å²) in [6.45, 7) is 1.94. The Labute approximate surface area is 123 Å². The first-order valence-electron chi connectivity index (χ1n) is 5.50. The molecule has 19 heavy (non-hydrogen) atoms. The number of hydrogen-bond donors (Lipinski definition) is 1. The van der Waals surface area contributed by atoms with E-state index in [9.17, 15) is 9.18 Å². The van der Waals surface area contributed by atoms with Gasteiger partial charge in [0.2, 0.25) is 0 Å². The van der Waals surface area contributed by atoms with E-state index < -0.39 is 5.82 Å². The Bertz CT molecular complexity index is 605. The van der Waals surface area contributed by atoms with Crippen molar-refractivity contribution in [1.82, 2.24) is 0 Å². The van der Waals surface area contributed by atoms with Gasteiger partial charge in [-0.15, -0.1) is 0 Å². The second-order valence-corrected chi connectivity index (χ2v) is 5.33. The van der Waals surface area contributed by atoms with Crippen molar-refractivity contribution >= 4 is 39.1 Å². The van der Waals surface area contributed by atoms with Gasteiger partial charge in [0, 0.05) is 10.0 Å². The van der Waals surface area contributed by atoms with Crippen LogP contribution >= 0.6 is 27.5 Å². The highest BCUT2D eigenvalue weighted by atomic mass is 79.9. The minimum absolute atomic E-state index is 0.146. The predicted octanol–water partition coefficient (Wildman–Crippen LogP) is 4.80. The number of hydrogen-bond acceptors (Lipinski definition) is 1. The summed E-state index contributed by atoms with van der Waals surface area (Å²) in [6, 6.07) is 9.52. The molecule has 0 bridgehead atoms. The van der Waals surface area contributed by atoms with Gasteiger partial charge in [-0.1, -0.05) is 29.3 Å². The lowest BCUT2D eigenvalue weighted by atomic mass is 10.1. The normalized spacial score (nSPS) is 10.3. The van der Waals surface area contributed by atoms with E-state index in [1.54, 1.807) is 12.1 Å². The van der Waals surface area contributed by atoms with E-state index >= 15 is 0 Å². The number of anilines is 1. The lowest BCUT2D eigenvalue weighted by molar-refractivity contribution is 0.102. The molecule has 0 saturated carbocycles. The van der Waals surface area contributed by atoms with Gasteiger partial charge < -0.3 is 5.32 Å². The fourth-order valence-electron chi connectivity index (χ4n) is 1.55. The summed E-state index contributed by atoms with van der Waals surface area (Å²) in [5.74, 6) is -0.764. The van der Waals surface area contributed by atoms with E-state index in [4.69, 9.17) is 11.6 Å². The van der Waals surface area contributed by atoms with E-state index in [0.717, 1.165) is 11.6 Å². The van der Waals surface area contributed by atoms with E-state index in [1.165, 1.54) is 6.07 Å². The molecule has 2 aromatic rings. The zero-order chi connectivity index (χ0) is 14.0. The van der Waals surface area contributed by atoms with E-state index in [-0.39, 0.29) is 10.9 Å². The van der Waals surface area contributed by atoms with Crippen LogP contribution in [0.5, 0.6) is 0 Å². The van der Waals surface area contributed by atoms with Crippen molar-refractivity contribution in [2.75, 3.05) is 5.32 Å². The number of carbonyl (C=O) groups excluding carboxylic acids is 1. The monoisotopic (exact) mass is 341 g/mol. The van der Waals surface area contributed by atoms with Crippen LogP contribution in [-0.2, 0) is 0 Å². The third-order valence-corrected chi connectivity index (χ3v) is 3.48. The summed E-state index contributed by atoms with van der Waals surface area (Å²) in [5, 5.41) is 2.80. The fourth-order valence-corrected chi connectivity index (χ4v) is 2.45. The van der Waals surface area contributed by atoms with Gasteiger partial charge in [-0.2, -0.15) is 0 Å². The Morgan fingerprint density at radius 3 is 2.47 bits per heavy atom. The molecule has 0 heterocycles. The maximum atomic E-state index is 13.1. The molecule has 1 amide bonds. The summed E-state index contributed by atoms with van der Waals surface area (Å²) in [7, 11) is 0. The highest BCUT2D eigenvalue weighted by Gasteiger charge is 2.12. The highest BCUT2D eigenvalue weighted by Crippen LogP contribution is 2.32. The van der Waals surface area contributed by atoms with Crippen molar-refractivity contribution in [3.63, 3.8) is 0 Å². The largest absolute Gasteiger partial charge is 0.320 e. The molecule has 0 atom stereocenters. The molecule has 2 rings (SSSR count). The molecule has 0 unspecified atom stereocenters. The molecule has 0 aliphatic heterocycles. The zero-order valence-electron chi connectivity index (χ0n) is 10.0. The Morgan fingerprint density at radius 2 is 1.89 bits per heavy atom. The molecule has 0 aliphatic carbocycles. The lowest BCUT2D eigenvalue weighted by Crippen LogP contribution is -2.12. The summed E-state index contributed by atoms with van der Waals surface area (Å²) < 4.78 is 13.5. The summed E-state index contributed by atoms with van der Waals surface area (Å²) in [4.78, 5) is 12.0. The first kappa shape index (κ1) is 14.0. The van der Waals surface area contributed by atoms with Gasteiger partial charge >= 0.3 is 0 Å². The van der Waals surface area contributed by atoms with E-state index in [1.807, 2.05) is 19.1 Å². The molecule has 1 N–H and O–H groups in total.